The van der Waals surface area contributed by atoms with Crippen molar-refractivity contribution in [3.63, 3.8) is 0 Å². The van der Waals surface area contributed by atoms with Gasteiger partial charge in [-0.15, -0.1) is 0 Å². The van der Waals surface area contributed by atoms with E-state index in [1.165, 1.54) is 28.6 Å². The molecule has 0 radical (unpaired) electrons. The van der Waals surface area contributed by atoms with Gasteiger partial charge >= 0.3 is 0 Å². The lowest BCUT2D eigenvalue weighted by Crippen LogP contribution is -2.33. The van der Waals surface area contributed by atoms with E-state index in [-0.39, 0.29) is 34.1 Å². The smallest absolute Gasteiger partial charge is 0.266 e. The highest BCUT2D eigenvalue weighted by atomic mass is 35.5. The molecule has 4 N–H and O–H groups in total. The number of anilines is 1. The SMILES string of the molecule is CNc1c(-n2c(C(Cc3cc(F)cc(F)c3)NC=O)nc3cc(-c4cccc(C(C)(C)C)c4)ccc3c2=O)ccc(Cl)c1C(=N)NSC. The normalized spacial score (nSPS) is 12.1. The number of rotatable bonds is 10. The van der Waals surface area contributed by atoms with Gasteiger partial charge in [0.05, 0.1) is 38.9 Å². The zero-order chi connectivity index (χ0) is 34.7. The Hall–Kier alpha value is -4.74. The van der Waals surface area contributed by atoms with Crippen LogP contribution >= 0.6 is 23.5 Å². The highest BCUT2D eigenvalue weighted by Gasteiger charge is 2.26. The largest absolute Gasteiger partial charge is 0.386 e. The molecule has 5 rings (SSSR count). The van der Waals surface area contributed by atoms with Gasteiger partial charge in [0.15, 0.2) is 0 Å². The average Bonchev–Trinajstić information content (AvgIpc) is 3.03. The molecule has 48 heavy (non-hydrogen) atoms. The molecule has 0 aliphatic rings. The van der Waals surface area contributed by atoms with Gasteiger partial charge in [-0.1, -0.05) is 74.7 Å². The van der Waals surface area contributed by atoms with E-state index in [4.69, 9.17) is 22.0 Å². The monoisotopic (exact) mass is 688 g/mol. The Bertz CT molecular complexity index is 2080. The van der Waals surface area contributed by atoms with Crippen LogP contribution in [0.4, 0.5) is 14.5 Å². The summed E-state index contributed by atoms with van der Waals surface area (Å²) in [6.45, 7) is 6.40. The number of amidine groups is 1. The van der Waals surface area contributed by atoms with E-state index in [1.54, 1.807) is 31.5 Å². The molecular weight excluding hydrogens is 654 g/mol. The Balaban J connectivity index is 1.81. The van der Waals surface area contributed by atoms with E-state index in [0.717, 1.165) is 22.8 Å². The molecule has 0 saturated heterocycles. The summed E-state index contributed by atoms with van der Waals surface area (Å²) >= 11 is 7.78. The fourth-order valence-electron chi connectivity index (χ4n) is 5.69. The number of amides is 1. The molecule has 0 spiro atoms. The van der Waals surface area contributed by atoms with Crippen LogP contribution in [0.2, 0.25) is 5.02 Å². The van der Waals surface area contributed by atoms with Crippen LogP contribution in [0, 0.1) is 17.0 Å². The van der Waals surface area contributed by atoms with E-state index >= 15 is 0 Å². The molecule has 0 saturated carbocycles. The zero-order valence-corrected chi connectivity index (χ0v) is 28.6. The van der Waals surface area contributed by atoms with Crippen molar-refractivity contribution in [3.8, 4) is 16.8 Å². The van der Waals surface area contributed by atoms with Crippen LogP contribution < -0.4 is 20.9 Å². The molecule has 1 aromatic heterocycles. The van der Waals surface area contributed by atoms with Crippen molar-refractivity contribution >= 4 is 52.4 Å². The van der Waals surface area contributed by atoms with Gasteiger partial charge in [0.1, 0.15) is 23.3 Å². The Morgan fingerprint density at radius 2 is 1.75 bits per heavy atom. The molecule has 12 heteroatoms. The van der Waals surface area contributed by atoms with E-state index in [0.29, 0.717) is 34.3 Å². The number of benzene rings is 4. The number of fused-ring (bicyclic) bond motifs is 1. The third-order valence-corrected chi connectivity index (χ3v) is 8.70. The molecule has 5 aromatic rings. The van der Waals surface area contributed by atoms with Crippen LogP contribution in [0.1, 0.15) is 49.3 Å². The van der Waals surface area contributed by atoms with Crippen molar-refractivity contribution in [1.29, 1.82) is 5.41 Å². The predicted molar refractivity (Wildman–Crippen MR) is 192 cm³/mol. The van der Waals surface area contributed by atoms with Crippen molar-refractivity contribution in [2.75, 3.05) is 18.6 Å². The van der Waals surface area contributed by atoms with Crippen LogP contribution in [0.3, 0.4) is 0 Å². The predicted octanol–water partition coefficient (Wildman–Crippen LogP) is 7.55. The van der Waals surface area contributed by atoms with Gasteiger partial charge in [-0.3, -0.25) is 19.6 Å². The molecule has 4 aromatic carbocycles. The summed E-state index contributed by atoms with van der Waals surface area (Å²) in [5, 5.41) is 15.0. The summed E-state index contributed by atoms with van der Waals surface area (Å²) in [6.07, 6.45) is 2.14. The number of hydrogen-bond acceptors (Lipinski definition) is 6. The zero-order valence-electron chi connectivity index (χ0n) is 27.0. The lowest BCUT2D eigenvalue weighted by atomic mass is 9.85. The average molecular weight is 689 g/mol. The van der Waals surface area contributed by atoms with E-state index < -0.39 is 23.2 Å². The maximum Gasteiger partial charge on any atom is 0.266 e. The maximum absolute atomic E-state index is 14.6. The van der Waals surface area contributed by atoms with Gasteiger partial charge in [0.2, 0.25) is 6.41 Å². The van der Waals surface area contributed by atoms with E-state index in [1.807, 2.05) is 24.3 Å². The quantitative estimate of drug-likeness (QED) is 0.0522. The summed E-state index contributed by atoms with van der Waals surface area (Å²) in [7, 11) is 1.64. The van der Waals surface area contributed by atoms with Crippen molar-refractivity contribution in [3.05, 3.63) is 122 Å². The summed E-state index contributed by atoms with van der Waals surface area (Å²) in [5.41, 5.74) is 3.96. The molecule has 1 unspecified atom stereocenters. The number of nitrogens with zero attached hydrogens (tertiary/aromatic N) is 2. The number of aromatic nitrogens is 2. The van der Waals surface area contributed by atoms with Crippen LogP contribution in [0.15, 0.2) is 77.6 Å². The maximum atomic E-state index is 14.6. The third kappa shape index (κ3) is 7.07. The number of carbonyl (C=O) groups is 1. The number of nitrogens with one attached hydrogen (secondary N) is 4. The highest BCUT2D eigenvalue weighted by molar-refractivity contribution is 7.97. The van der Waals surface area contributed by atoms with Crippen molar-refractivity contribution in [2.24, 2.45) is 0 Å². The molecule has 0 fully saturated rings. The standard InChI is InChI=1S/C36H35ClF2N6O2S/c1-36(2,3)23-8-6-7-21(16-23)22-9-10-26-28(17-22)43-34(29(42-19-46)15-20-13-24(38)18-25(39)14-20)45(35(26)47)30-12-11-27(37)31(32(30)41-4)33(40)44-48-5/h6-14,16-19,29,41H,15H2,1-5H3,(H2,40,44)(H,42,46). The second kappa shape index (κ2) is 14.2. The Morgan fingerprint density at radius 1 is 1.04 bits per heavy atom. The van der Waals surface area contributed by atoms with Crippen LogP contribution in [-0.4, -0.2) is 35.1 Å². The van der Waals surface area contributed by atoms with Gasteiger partial charge < -0.3 is 15.4 Å². The molecule has 248 valence electrons. The first-order valence-corrected chi connectivity index (χ1v) is 16.7. The molecule has 1 amide bonds. The Kier molecular flexibility index (Phi) is 10.2. The first-order chi connectivity index (χ1) is 22.9. The Labute approximate surface area is 286 Å². The summed E-state index contributed by atoms with van der Waals surface area (Å²) < 4.78 is 32.7. The van der Waals surface area contributed by atoms with Crippen molar-refractivity contribution < 1.29 is 13.6 Å². The summed E-state index contributed by atoms with van der Waals surface area (Å²) in [4.78, 5) is 31.5. The van der Waals surface area contributed by atoms with Crippen molar-refractivity contribution in [2.45, 2.75) is 38.6 Å². The highest BCUT2D eigenvalue weighted by Crippen LogP contribution is 2.34. The first-order valence-electron chi connectivity index (χ1n) is 15.1. The minimum Gasteiger partial charge on any atom is -0.386 e. The molecule has 8 nitrogen and oxygen atoms in total. The Morgan fingerprint density at radius 3 is 2.40 bits per heavy atom. The molecule has 0 bridgehead atoms. The van der Waals surface area contributed by atoms with Gasteiger partial charge in [0.25, 0.3) is 5.56 Å². The van der Waals surface area contributed by atoms with Gasteiger partial charge in [-0.25, -0.2) is 13.8 Å². The minimum atomic E-state index is -0.999. The molecular formula is C36H35ClF2N6O2S. The van der Waals surface area contributed by atoms with Crippen molar-refractivity contribution in [1.82, 2.24) is 19.6 Å². The first kappa shape index (κ1) is 34.6. The lowest BCUT2D eigenvalue weighted by Gasteiger charge is -2.24. The second-order valence-corrected chi connectivity index (χ2v) is 13.3. The fraction of sp³-hybridized carbons (Fsp3) is 0.222. The molecule has 0 aliphatic heterocycles. The fourth-order valence-corrected chi connectivity index (χ4v) is 6.25. The minimum absolute atomic E-state index is 0.00183. The van der Waals surface area contributed by atoms with E-state index in [9.17, 15) is 18.4 Å². The molecule has 0 aliphatic carbocycles. The summed E-state index contributed by atoms with van der Waals surface area (Å²) in [6, 6.07) is 18.8. The van der Waals surface area contributed by atoms with Crippen LogP contribution in [-0.2, 0) is 16.6 Å². The second-order valence-electron chi connectivity index (χ2n) is 12.2. The van der Waals surface area contributed by atoms with Crippen LogP contribution in [0.5, 0.6) is 0 Å². The van der Waals surface area contributed by atoms with Gasteiger partial charge in [-0.05, 0) is 64.1 Å². The van der Waals surface area contributed by atoms with Gasteiger partial charge in [0, 0.05) is 25.8 Å². The third-order valence-electron chi connectivity index (χ3n) is 7.98. The van der Waals surface area contributed by atoms with Crippen LogP contribution in [0.25, 0.3) is 27.7 Å². The molecule has 1 heterocycles. The topological polar surface area (TPSA) is 112 Å². The summed E-state index contributed by atoms with van der Waals surface area (Å²) in [5.74, 6) is -1.44. The molecule has 1 atom stereocenters. The van der Waals surface area contributed by atoms with E-state index in [2.05, 4.69) is 48.3 Å². The van der Waals surface area contributed by atoms with Gasteiger partial charge in [-0.2, -0.15) is 0 Å². The number of carbonyl (C=O) groups excluding carboxylic acids is 1. The number of halogens is 3. The number of hydrogen-bond donors (Lipinski definition) is 4. The lowest BCUT2D eigenvalue weighted by molar-refractivity contribution is -0.110.